The van der Waals surface area contributed by atoms with Gasteiger partial charge in [-0.3, -0.25) is 0 Å². The lowest BCUT2D eigenvalue weighted by atomic mass is 9.82. The van der Waals surface area contributed by atoms with Crippen LogP contribution in [0.25, 0.3) is 11.4 Å². The summed E-state index contributed by atoms with van der Waals surface area (Å²) in [6, 6.07) is 23.6. The van der Waals surface area contributed by atoms with Crippen LogP contribution in [0, 0.1) is 5.82 Å². The third-order valence-corrected chi connectivity index (χ3v) is 7.19. The van der Waals surface area contributed by atoms with Gasteiger partial charge in [0.05, 0.1) is 24.5 Å². The van der Waals surface area contributed by atoms with Crippen molar-refractivity contribution in [3.8, 4) is 5.75 Å². The van der Waals surface area contributed by atoms with Crippen LogP contribution in [-0.4, -0.2) is 17.2 Å². The van der Waals surface area contributed by atoms with Crippen molar-refractivity contribution >= 4 is 28.3 Å². The van der Waals surface area contributed by atoms with E-state index in [9.17, 15) is 4.39 Å². The highest BCUT2D eigenvalue weighted by Crippen LogP contribution is 2.51. The smallest absolute Gasteiger partial charge is 0.174 e. The summed E-state index contributed by atoms with van der Waals surface area (Å²) in [4.78, 5) is 7.46. The first-order valence-corrected chi connectivity index (χ1v) is 11.6. The van der Waals surface area contributed by atoms with E-state index in [-0.39, 0.29) is 11.9 Å². The molecule has 1 aliphatic carbocycles. The number of aliphatic imine (C=N–C) groups is 1. The van der Waals surface area contributed by atoms with Crippen LogP contribution in [0.2, 0.25) is 0 Å². The lowest BCUT2D eigenvalue weighted by Crippen LogP contribution is -2.34. The SMILES string of the molecule is COc1ccc(C2=CSC3=NC4=C(CCc5ccccc54)[C@@H](c4ccc(F)cc4)N23)cc1. The number of ether oxygens (including phenoxy) is 1. The molecule has 0 bridgehead atoms. The quantitative estimate of drug-likeness (QED) is 0.456. The van der Waals surface area contributed by atoms with Gasteiger partial charge >= 0.3 is 0 Å². The molecule has 0 spiro atoms. The second-order valence-corrected chi connectivity index (χ2v) is 8.94. The zero-order chi connectivity index (χ0) is 21.7. The Kier molecular flexibility index (Phi) is 4.65. The minimum absolute atomic E-state index is 0.0187. The van der Waals surface area contributed by atoms with Crippen molar-refractivity contribution in [2.75, 3.05) is 7.11 Å². The van der Waals surface area contributed by atoms with E-state index < -0.39 is 0 Å². The van der Waals surface area contributed by atoms with Crippen LogP contribution >= 0.6 is 11.8 Å². The van der Waals surface area contributed by atoms with E-state index in [1.807, 2.05) is 24.3 Å². The molecule has 5 heteroatoms. The Morgan fingerprint density at radius 3 is 2.53 bits per heavy atom. The standard InChI is InChI=1S/C27H21FN2OS/c1-31-21-13-8-18(9-14-21)24-16-32-27-29-25-22-5-3-2-4-17(22)10-15-23(25)26(30(24)27)19-6-11-20(28)12-7-19/h2-9,11-14,16,26H,10,15H2,1H3/t26-/m1/s1. The Bertz CT molecular complexity index is 1290. The molecule has 2 heterocycles. The van der Waals surface area contributed by atoms with E-state index in [1.54, 1.807) is 31.0 Å². The summed E-state index contributed by atoms with van der Waals surface area (Å²) in [5.41, 5.74) is 8.21. The molecule has 3 aliphatic rings. The number of nitrogens with zero attached hydrogens (tertiary/aromatic N) is 2. The average Bonchev–Trinajstić information content (AvgIpc) is 3.27. The van der Waals surface area contributed by atoms with E-state index in [2.05, 4.69) is 46.7 Å². The molecule has 2 aliphatic heterocycles. The highest BCUT2D eigenvalue weighted by atomic mass is 32.2. The van der Waals surface area contributed by atoms with E-state index in [0.29, 0.717) is 0 Å². The van der Waals surface area contributed by atoms with E-state index in [1.165, 1.54) is 16.7 Å². The van der Waals surface area contributed by atoms with Gasteiger partial charge in [0.15, 0.2) is 5.17 Å². The van der Waals surface area contributed by atoms with Crippen molar-refractivity contribution < 1.29 is 9.13 Å². The Morgan fingerprint density at radius 2 is 1.75 bits per heavy atom. The lowest BCUT2D eigenvalue weighted by molar-refractivity contribution is 0.414. The van der Waals surface area contributed by atoms with Gasteiger partial charge in [-0.25, -0.2) is 9.38 Å². The monoisotopic (exact) mass is 440 g/mol. The van der Waals surface area contributed by atoms with Gasteiger partial charge in [-0.2, -0.15) is 0 Å². The van der Waals surface area contributed by atoms with Crippen molar-refractivity contribution in [3.05, 3.63) is 112 Å². The van der Waals surface area contributed by atoms with E-state index in [4.69, 9.17) is 9.73 Å². The first kappa shape index (κ1) is 19.4. The molecule has 0 unspecified atom stereocenters. The predicted octanol–water partition coefficient (Wildman–Crippen LogP) is 6.65. The molecule has 0 N–H and O–H groups in total. The Morgan fingerprint density at radius 1 is 0.969 bits per heavy atom. The highest BCUT2D eigenvalue weighted by Gasteiger charge is 2.40. The van der Waals surface area contributed by atoms with Crippen LogP contribution in [0.5, 0.6) is 5.75 Å². The number of amidine groups is 1. The van der Waals surface area contributed by atoms with Crippen molar-refractivity contribution in [2.24, 2.45) is 4.99 Å². The molecule has 1 atom stereocenters. The Balaban J connectivity index is 1.51. The third-order valence-electron chi connectivity index (χ3n) is 6.35. The summed E-state index contributed by atoms with van der Waals surface area (Å²) >= 11 is 1.65. The van der Waals surface area contributed by atoms with Crippen molar-refractivity contribution in [3.63, 3.8) is 0 Å². The molecule has 3 aromatic carbocycles. The van der Waals surface area contributed by atoms with Crippen molar-refractivity contribution in [1.82, 2.24) is 4.90 Å². The number of hydrogen-bond acceptors (Lipinski definition) is 4. The van der Waals surface area contributed by atoms with Crippen LogP contribution in [0.15, 0.2) is 88.8 Å². The third kappa shape index (κ3) is 3.07. The summed E-state index contributed by atoms with van der Waals surface area (Å²) < 4.78 is 19.1. The minimum atomic E-state index is -0.219. The van der Waals surface area contributed by atoms with Gasteiger partial charge < -0.3 is 9.64 Å². The van der Waals surface area contributed by atoms with E-state index >= 15 is 0 Å². The van der Waals surface area contributed by atoms with Crippen LogP contribution in [0.1, 0.15) is 34.7 Å². The molecule has 0 amide bonds. The molecular weight excluding hydrogens is 419 g/mol. The first-order chi connectivity index (χ1) is 15.7. The van der Waals surface area contributed by atoms with E-state index in [0.717, 1.165) is 46.3 Å². The minimum Gasteiger partial charge on any atom is -0.497 e. The summed E-state index contributed by atoms with van der Waals surface area (Å²) in [6.45, 7) is 0. The molecule has 32 heavy (non-hydrogen) atoms. The molecule has 0 saturated carbocycles. The Labute approximate surface area is 190 Å². The normalized spacial score (nSPS) is 19.1. The van der Waals surface area contributed by atoms with Gasteiger partial charge in [0.25, 0.3) is 0 Å². The van der Waals surface area contributed by atoms with Crippen LogP contribution in [0.3, 0.4) is 0 Å². The molecule has 3 nitrogen and oxygen atoms in total. The number of rotatable bonds is 3. The molecular formula is C27H21FN2OS. The number of fused-ring (bicyclic) bond motifs is 3. The Hall–Kier alpha value is -3.31. The van der Waals surface area contributed by atoms with Gasteiger partial charge in [0.1, 0.15) is 11.6 Å². The fraction of sp³-hybridized carbons (Fsp3) is 0.148. The molecule has 6 rings (SSSR count). The second-order valence-electron chi connectivity index (χ2n) is 8.10. The fourth-order valence-corrected chi connectivity index (χ4v) is 5.73. The summed E-state index contributed by atoms with van der Waals surface area (Å²) in [5.74, 6) is 0.611. The van der Waals surface area contributed by atoms with Crippen LogP contribution in [0.4, 0.5) is 4.39 Å². The number of halogens is 1. The van der Waals surface area contributed by atoms with Gasteiger partial charge in [0.2, 0.25) is 0 Å². The van der Waals surface area contributed by atoms with Gasteiger partial charge in [-0.1, -0.05) is 48.2 Å². The number of aryl methyl sites for hydroxylation is 1. The fourth-order valence-electron chi connectivity index (χ4n) is 4.80. The largest absolute Gasteiger partial charge is 0.497 e. The zero-order valence-electron chi connectivity index (χ0n) is 17.6. The van der Waals surface area contributed by atoms with Crippen LogP contribution in [-0.2, 0) is 6.42 Å². The summed E-state index contributed by atoms with van der Waals surface area (Å²) in [5, 5.41) is 3.13. The lowest BCUT2D eigenvalue weighted by Gasteiger charge is -2.39. The number of methoxy groups -OCH3 is 1. The summed E-state index contributed by atoms with van der Waals surface area (Å²) in [6.07, 6.45) is 1.92. The molecule has 158 valence electrons. The first-order valence-electron chi connectivity index (χ1n) is 10.7. The van der Waals surface area contributed by atoms with Crippen LogP contribution < -0.4 is 4.74 Å². The number of hydrogen-bond donors (Lipinski definition) is 0. The molecule has 0 aromatic heterocycles. The number of thioether (sulfide) groups is 1. The molecule has 0 radical (unpaired) electrons. The summed E-state index contributed by atoms with van der Waals surface area (Å²) in [7, 11) is 1.68. The maximum Gasteiger partial charge on any atom is 0.174 e. The maximum absolute atomic E-state index is 13.8. The molecule has 0 saturated heterocycles. The highest BCUT2D eigenvalue weighted by molar-refractivity contribution is 8.16. The van der Waals surface area contributed by atoms with Gasteiger partial charge in [0, 0.05) is 11.0 Å². The molecule has 0 fully saturated rings. The zero-order valence-corrected chi connectivity index (χ0v) is 18.4. The number of benzene rings is 3. The molecule has 3 aromatic rings. The van der Waals surface area contributed by atoms with Gasteiger partial charge in [-0.05, 0) is 71.5 Å². The average molecular weight is 441 g/mol. The van der Waals surface area contributed by atoms with Crippen molar-refractivity contribution in [1.29, 1.82) is 0 Å². The maximum atomic E-state index is 13.8. The van der Waals surface area contributed by atoms with Crippen molar-refractivity contribution in [2.45, 2.75) is 18.9 Å². The second kappa shape index (κ2) is 7.68. The topological polar surface area (TPSA) is 24.8 Å². The van der Waals surface area contributed by atoms with Gasteiger partial charge in [-0.15, -0.1) is 0 Å². The predicted molar refractivity (Wildman–Crippen MR) is 129 cm³/mol.